The van der Waals surface area contributed by atoms with E-state index in [1.54, 1.807) is 24.3 Å². The second kappa shape index (κ2) is 7.91. The van der Waals surface area contributed by atoms with E-state index >= 15 is 0 Å². The van der Waals surface area contributed by atoms with Gasteiger partial charge in [-0.1, -0.05) is 18.2 Å². The van der Waals surface area contributed by atoms with Crippen molar-refractivity contribution in [3.8, 4) is 11.3 Å². The van der Waals surface area contributed by atoms with E-state index in [0.717, 1.165) is 11.8 Å². The van der Waals surface area contributed by atoms with Crippen molar-refractivity contribution in [2.75, 3.05) is 18.6 Å². The Morgan fingerprint density at radius 1 is 1.21 bits per heavy atom. The molecule has 0 amide bonds. The second-order valence-corrected chi connectivity index (χ2v) is 7.82. The minimum Gasteiger partial charge on any atom is -0.383 e. The van der Waals surface area contributed by atoms with Gasteiger partial charge in [0.05, 0.1) is 18.4 Å². The number of H-pyrrole nitrogens is 1. The second-order valence-electron chi connectivity index (χ2n) is 6.17. The van der Waals surface area contributed by atoms with Gasteiger partial charge in [-0.05, 0) is 42.3 Å². The quantitative estimate of drug-likeness (QED) is 0.463. The molecule has 146 valence electrons. The van der Waals surface area contributed by atoms with Crippen LogP contribution in [0.25, 0.3) is 11.3 Å². The number of hydrogen-bond acceptors (Lipinski definition) is 6. The number of anilines is 1. The molecule has 1 aromatic heterocycles. The largest absolute Gasteiger partial charge is 0.383 e. The van der Waals surface area contributed by atoms with Gasteiger partial charge >= 0.3 is 0 Å². The highest BCUT2D eigenvalue weighted by molar-refractivity contribution is 7.85. The third kappa shape index (κ3) is 4.62. The number of nitrogen functional groups attached to an aromatic ring is 1. The predicted molar refractivity (Wildman–Crippen MR) is 103 cm³/mol. The minimum atomic E-state index is -3.52. The number of nitrogens with zero attached hydrogens (tertiary/aromatic N) is 1. The topological polar surface area (TPSA) is 115 Å². The highest BCUT2D eigenvalue weighted by Crippen LogP contribution is 2.28. The lowest BCUT2D eigenvalue weighted by atomic mass is 9.97. The van der Waals surface area contributed by atoms with Crippen LogP contribution < -0.4 is 5.73 Å². The molecule has 9 heteroatoms. The Labute approximate surface area is 161 Å². The van der Waals surface area contributed by atoms with Crippen molar-refractivity contribution in [1.29, 1.82) is 0 Å². The number of nitrogens with two attached hydrogens (primary N) is 1. The number of aromatic nitrogens is 2. The number of rotatable bonds is 7. The van der Waals surface area contributed by atoms with Crippen LogP contribution in [0.4, 0.5) is 10.2 Å². The van der Waals surface area contributed by atoms with Crippen LogP contribution in [-0.4, -0.2) is 37.3 Å². The monoisotopic (exact) mass is 403 g/mol. The van der Waals surface area contributed by atoms with Crippen LogP contribution in [0.15, 0.2) is 48.5 Å². The molecule has 3 N–H and O–H groups in total. The van der Waals surface area contributed by atoms with Gasteiger partial charge in [0.25, 0.3) is 10.1 Å². The van der Waals surface area contributed by atoms with E-state index in [4.69, 9.17) is 9.92 Å². The Morgan fingerprint density at radius 2 is 1.93 bits per heavy atom. The molecule has 0 saturated carbocycles. The summed E-state index contributed by atoms with van der Waals surface area (Å²) in [6.07, 6.45) is 1.30. The lowest BCUT2D eigenvalue weighted by Gasteiger charge is -2.07. The molecule has 3 aromatic rings. The summed E-state index contributed by atoms with van der Waals surface area (Å²) in [5.41, 5.74) is 8.09. The Kier molecular flexibility index (Phi) is 5.57. The third-order valence-corrected chi connectivity index (χ3v) is 4.61. The Hall–Kier alpha value is -3.04. The van der Waals surface area contributed by atoms with Gasteiger partial charge < -0.3 is 5.73 Å². The third-order valence-electron chi connectivity index (χ3n) is 4.02. The molecule has 0 atom stereocenters. The Morgan fingerprint density at radius 3 is 2.61 bits per heavy atom. The molecule has 2 aromatic carbocycles. The summed E-state index contributed by atoms with van der Waals surface area (Å²) in [5, 5.41) is 6.67. The summed E-state index contributed by atoms with van der Waals surface area (Å²) >= 11 is 0. The van der Waals surface area contributed by atoms with Gasteiger partial charge in [-0.15, -0.1) is 0 Å². The lowest BCUT2D eigenvalue weighted by Crippen LogP contribution is -2.08. The fourth-order valence-electron chi connectivity index (χ4n) is 2.73. The van der Waals surface area contributed by atoms with E-state index in [1.165, 1.54) is 24.3 Å². The van der Waals surface area contributed by atoms with E-state index in [-0.39, 0.29) is 23.8 Å². The lowest BCUT2D eigenvalue weighted by molar-refractivity contribution is 0.104. The summed E-state index contributed by atoms with van der Waals surface area (Å²) in [6.45, 7) is -0.0227. The summed E-state index contributed by atoms with van der Waals surface area (Å²) in [4.78, 5) is 13.0. The summed E-state index contributed by atoms with van der Waals surface area (Å²) in [7, 11) is -3.52. The van der Waals surface area contributed by atoms with Crippen LogP contribution >= 0.6 is 0 Å². The first-order valence-corrected chi connectivity index (χ1v) is 10.1. The van der Waals surface area contributed by atoms with E-state index < -0.39 is 15.9 Å². The first-order valence-electron chi connectivity index (χ1n) is 8.32. The smallest absolute Gasteiger partial charge is 0.264 e. The van der Waals surface area contributed by atoms with Crippen molar-refractivity contribution in [1.82, 2.24) is 10.2 Å². The normalized spacial score (nSPS) is 11.5. The number of ketones is 1. The maximum absolute atomic E-state index is 13.2. The average Bonchev–Trinajstić information content (AvgIpc) is 3.02. The standard InChI is InChI=1S/C19H18FN3O4S/c1-28(25,26)27-10-9-12-3-2-4-14(11-12)18(24)16-17(22-23-19(16)21)13-5-7-15(20)8-6-13/h2-8,11H,9-10H2,1H3,(H3,21,22,23). The highest BCUT2D eigenvalue weighted by atomic mass is 32.2. The molecule has 0 saturated heterocycles. The van der Waals surface area contributed by atoms with E-state index in [9.17, 15) is 17.6 Å². The van der Waals surface area contributed by atoms with Gasteiger partial charge in [-0.2, -0.15) is 13.5 Å². The van der Waals surface area contributed by atoms with E-state index in [1.807, 2.05) is 0 Å². The van der Waals surface area contributed by atoms with Crippen molar-refractivity contribution in [2.45, 2.75) is 6.42 Å². The molecule has 0 spiro atoms. The summed E-state index contributed by atoms with van der Waals surface area (Å²) in [6, 6.07) is 12.3. The molecule has 0 aliphatic heterocycles. The van der Waals surface area contributed by atoms with Gasteiger partial charge in [-0.25, -0.2) is 4.39 Å². The first kappa shape index (κ1) is 19.7. The number of hydrogen-bond donors (Lipinski definition) is 2. The minimum absolute atomic E-state index is 0.0227. The van der Waals surface area contributed by atoms with Crippen molar-refractivity contribution >= 4 is 21.7 Å². The zero-order valence-corrected chi connectivity index (χ0v) is 15.8. The van der Waals surface area contributed by atoms with Gasteiger partial charge in [0, 0.05) is 11.1 Å². The van der Waals surface area contributed by atoms with Crippen molar-refractivity contribution in [3.05, 3.63) is 71.0 Å². The Balaban J connectivity index is 1.88. The maximum atomic E-state index is 13.2. The maximum Gasteiger partial charge on any atom is 0.264 e. The SMILES string of the molecule is CS(=O)(=O)OCCc1cccc(C(=O)c2c(-c3ccc(F)cc3)n[nH]c2N)c1. The molecular formula is C19H18FN3O4S. The van der Waals surface area contributed by atoms with Crippen molar-refractivity contribution in [2.24, 2.45) is 0 Å². The van der Waals surface area contributed by atoms with Crippen LogP contribution in [0.5, 0.6) is 0 Å². The van der Waals surface area contributed by atoms with Gasteiger partial charge in [0.15, 0.2) is 5.78 Å². The fraction of sp³-hybridized carbons (Fsp3) is 0.158. The van der Waals surface area contributed by atoms with Crippen LogP contribution in [0.2, 0.25) is 0 Å². The molecule has 0 aliphatic rings. The van der Waals surface area contributed by atoms with Crippen LogP contribution in [0, 0.1) is 5.82 Å². The number of halogens is 1. The van der Waals surface area contributed by atoms with E-state index in [0.29, 0.717) is 23.2 Å². The number of aromatic amines is 1. The summed E-state index contributed by atoms with van der Waals surface area (Å²) in [5.74, 6) is -0.643. The number of benzene rings is 2. The number of carbonyl (C=O) groups is 1. The fourth-order valence-corrected chi connectivity index (χ4v) is 3.11. The van der Waals surface area contributed by atoms with Gasteiger partial charge in [-0.3, -0.25) is 14.1 Å². The molecule has 0 aliphatic carbocycles. The zero-order valence-electron chi connectivity index (χ0n) is 15.0. The predicted octanol–water partition coefficient (Wildman–Crippen LogP) is 2.55. The highest BCUT2D eigenvalue weighted by Gasteiger charge is 2.22. The van der Waals surface area contributed by atoms with Gasteiger partial charge in [0.1, 0.15) is 17.3 Å². The first-order chi connectivity index (χ1) is 13.2. The van der Waals surface area contributed by atoms with Crippen LogP contribution in [0.1, 0.15) is 21.5 Å². The molecule has 0 radical (unpaired) electrons. The molecular weight excluding hydrogens is 385 g/mol. The van der Waals surface area contributed by atoms with Crippen molar-refractivity contribution in [3.63, 3.8) is 0 Å². The number of nitrogens with one attached hydrogen (secondary N) is 1. The summed E-state index contributed by atoms with van der Waals surface area (Å²) < 4.78 is 40.0. The molecule has 0 bridgehead atoms. The number of carbonyl (C=O) groups excluding carboxylic acids is 1. The Bertz CT molecular complexity index is 1110. The molecule has 7 nitrogen and oxygen atoms in total. The average molecular weight is 403 g/mol. The molecule has 3 rings (SSSR count). The van der Waals surface area contributed by atoms with Crippen LogP contribution in [0.3, 0.4) is 0 Å². The molecule has 0 unspecified atom stereocenters. The van der Waals surface area contributed by atoms with E-state index in [2.05, 4.69) is 10.2 Å². The van der Waals surface area contributed by atoms with Crippen LogP contribution in [-0.2, 0) is 20.7 Å². The zero-order chi connectivity index (χ0) is 20.3. The molecule has 1 heterocycles. The molecule has 0 fully saturated rings. The van der Waals surface area contributed by atoms with Gasteiger partial charge in [0.2, 0.25) is 0 Å². The van der Waals surface area contributed by atoms with Crippen molar-refractivity contribution < 1.29 is 21.8 Å². The molecule has 28 heavy (non-hydrogen) atoms.